The molecule has 0 saturated carbocycles. The number of amides is 1. The molecule has 0 spiro atoms. The van der Waals surface area contributed by atoms with Crippen molar-refractivity contribution in [3.63, 3.8) is 0 Å². The third-order valence-electron chi connectivity index (χ3n) is 2.01. The fourth-order valence-corrected chi connectivity index (χ4v) is 1.15. The number of hydrogen-bond donors (Lipinski definition) is 1. The summed E-state index contributed by atoms with van der Waals surface area (Å²) >= 11 is 0. The predicted octanol–water partition coefficient (Wildman–Crippen LogP) is 1.45. The van der Waals surface area contributed by atoms with E-state index in [4.69, 9.17) is 0 Å². The number of Topliss-reactive ketones (excluding diaryl/α,β-unsaturated/α-hetero) is 1. The Bertz CT molecular complexity index is 402. The van der Waals surface area contributed by atoms with Gasteiger partial charge in [-0.2, -0.15) is 0 Å². The van der Waals surface area contributed by atoms with Crippen LogP contribution >= 0.6 is 0 Å². The van der Waals surface area contributed by atoms with Gasteiger partial charge in [-0.05, 0) is 31.5 Å². The molecule has 3 nitrogen and oxygen atoms in total. The van der Waals surface area contributed by atoms with Gasteiger partial charge in [-0.25, -0.2) is 4.39 Å². The Hall–Kier alpha value is -1.71. The molecule has 0 aliphatic heterocycles. The first kappa shape index (κ1) is 11.4. The molecule has 4 heteroatoms. The molecule has 1 rings (SSSR count). The molecule has 0 aromatic heterocycles. The minimum atomic E-state index is -0.429. The lowest BCUT2D eigenvalue weighted by Crippen LogP contribution is -2.28. The number of carbonyl (C=O) groups is 2. The van der Waals surface area contributed by atoms with Crippen molar-refractivity contribution >= 4 is 11.7 Å². The van der Waals surface area contributed by atoms with Crippen molar-refractivity contribution in [3.05, 3.63) is 35.1 Å². The van der Waals surface area contributed by atoms with Gasteiger partial charge in [0.2, 0.25) is 0 Å². The summed E-state index contributed by atoms with van der Waals surface area (Å²) in [7, 11) is 0. The smallest absolute Gasteiger partial charge is 0.252 e. The van der Waals surface area contributed by atoms with Crippen molar-refractivity contribution in [2.24, 2.45) is 0 Å². The normalized spacial score (nSPS) is 9.80. The number of benzene rings is 1. The first-order valence-corrected chi connectivity index (χ1v) is 4.55. The Kier molecular flexibility index (Phi) is 3.55. The highest BCUT2D eigenvalue weighted by atomic mass is 19.1. The highest BCUT2D eigenvalue weighted by molar-refractivity contribution is 5.97. The van der Waals surface area contributed by atoms with Gasteiger partial charge in [0, 0.05) is 5.56 Å². The van der Waals surface area contributed by atoms with Gasteiger partial charge in [0.25, 0.3) is 5.91 Å². The second-order valence-corrected chi connectivity index (χ2v) is 3.30. The van der Waals surface area contributed by atoms with Crippen molar-refractivity contribution in [3.8, 4) is 0 Å². The largest absolute Gasteiger partial charge is 0.345 e. The van der Waals surface area contributed by atoms with Crippen molar-refractivity contribution in [2.75, 3.05) is 6.54 Å². The van der Waals surface area contributed by atoms with E-state index in [1.165, 1.54) is 32.0 Å². The van der Waals surface area contributed by atoms with Crippen LogP contribution in [0.25, 0.3) is 0 Å². The van der Waals surface area contributed by atoms with E-state index >= 15 is 0 Å². The molecule has 0 radical (unpaired) electrons. The van der Waals surface area contributed by atoms with Crippen LogP contribution in [0.5, 0.6) is 0 Å². The zero-order valence-corrected chi connectivity index (χ0v) is 8.63. The summed E-state index contributed by atoms with van der Waals surface area (Å²) in [6.07, 6.45) is 0. The molecule has 0 atom stereocenters. The van der Waals surface area contributed by atoms with Gasteiger partial charge in [0.1, 0.15) is 11.6 Å². The second-order valence-electron chi connectivity index (χ2n) is 3.30. The van der Waals surface area contributed by atoms with Gasteiger partial charge < -0.3 is 5.32 Å². The Labute approximate surface area is 87.3 Å². The average molecular weight is 209 g/mol. The topological polar surface area (TPSA) is 46.2 Å². The number of carbonyl (C=O) groups excluding carboxylic acids is 2. The molecule has 80 valence electrons. The minimum absolute atomic E-state index is 0.0329. The van der Waals surface area contributed by atoms with Crippen LogP contribution < -0.4 is 5.32 Å². The molecule has 1 amide bonds. The van der Waals surface area contributed by atoms with E-state index in [0.29, 0.717) is 5.56 Å². The van der Waals surface area contributed by atoms with E-state index in [1.54, 1.807) is 0 Å². The SMILES string of the molecule is CC(=O)CNC(=O)c1cccc(F)c1C. The maximum Gasteiger partial charge on any atom is 0.252 e. The Morgan fingerprint density at radius 1 is 1.40 bits per heavy atom. The second kappa shape index (κ2) is 4.68. The molecule has 0 fully saturated rings. The highest BCUT2D eigenvalue weighted by Crippen LogP contribution is 2.11. The van der Waals surface area contributed by atoms with E-state index in [-0.39, 0.29) is 17.9 Å². The van der Waals surface area contributed by atoms with Gasteiger partial charge in [-0.1, -0.05) is 6.07 Å². The van der Waals surface area contributed by atoms with Crippen molar-refractivity contribution in [1.29, 1.82) is 0 Å². The van der Waals surface area contributed by atoms with Crippen LogP contribution in [0.15, 0.2) is 18.2 Å². The summed E-state index contributed by atoms with van der Waals surface area (Å²) < 4.78 is 13.1. The molecule has 0 unspecified atom stereocenters. The number of ketones is 1. The lowest BCUT2D eigenvalue weighted by molar-refractivity contribution is -0.116. The van der Waals surface area contributed by atoms with Crippen LogP contribution in [0.3, 0.4) is 0 Å². The van der Waals surface area contributed by atoms with Crippen LogP contribution in [0.2, 0.25) is 0 Å². The van der Waals surface area contributed by atoms with E-state index in [9.17, 15) is 14.0 Å². The van der Waals surface area contributed by atoms with Gasteiger partial charge >= 0.3 is 0 Å². The van der Waals surface area contributed by atoms with Crippen LogP contribution in [-0.4, -0.2) is 18.2 Å². The first-order chi connectivity index (χ1) is 7.02. The van der Waals surface area contributed by atoms with Gasteiger partial charge in [0.15, 0.2) is 0 Å². The lowest BCUT2D eigenvalue weighted by Gasteiger charge is -2.06. The Morgan fingerprint density at radius 2 is 2.07 bits per heavy atom. The van der Waals surface area contributed by atoms with Crippen LogP contribution in [0, 0.1) is 12.7 Å². The standard InChI is InChI=1S/C11H12FNO2/c1-7(14)6-13-11(15)9-4-3-5-10(12)8(9)2/h3-5H,6H2,1-2H3,(H,13,15). The summed E-state index contributed by atoms with van der Waals surface area (Å²) in [4.78, 5) is 22.1. The number of halogens is 1. The Balaban J connectivity index is 2.82. The average Bonchev–Trinajstić information content (AvgIpc) is 2.18. The van der Waals surface area contributed by atoms with Gasteiger partial charge in [0.05, 0.1) is 6.54 Å². The Morgan fingerprint density at radius 3 is 2.67 bits per heavy atom. The number of nitrogens with one attached hydrogen (secondary N) is 1. The third kappa shape index (κ3) is 2.87. The summed E-state index contributed by atoms with van der Waals surface area (Å²) in [6.45, 7) is 2.87. The van der Waals surface area contributed by atoms with Gasteiger partial charge in [-0.15, -0.1) is 0 Å². The first-order valence-electron chi connectivity index (χ1n) is 4.55. The van der Waals surface area contributed by atoms with Crippen LogP contribution in [-0.2, 0) is 4.79 Å². The predicted molar refractivity (Wildman–Crippen MR) is 54.2 cm³/mol. The van der Waals surface area contributed by atoms with E-state index in [1.807, 2.05) is 0 Å². The van der Waals surface area contributed by atoms with Crippen molar-refractivity contribution in [2.45, 2.75) is 13.8 Å². The molecular weight excluding hydrogens is 197 g/mol. The maximum absolute atomic E-state index is 13.1. The molecule has 0 saturated heterocycles. The van der Waals surface area contributed by atoms with E-state index in [0.717, 1.165) is 0 Å². The van der Waals surface area contributed by atoms with Gasteiger partial charge in [-0.3, -0.25) is 9.59 Å². The summed E-state index contributed by atoms with van der Waals surface area (Å²) in [6, 6.07) is 4.27. The van der Waals surface area contributed by atoms with Crippen LogP contribution in [0.1, 0.15) is 22.8 Å². The quantitative estimate of drug-likeness (QED) is 0.819. The van der Waals surface area contributed by atoms with Crippen molar-refractivity contribution < 1.29 is 14.0 Å². The van der Waals surface area contributed by atoms with Crippen LogP contribution in [0.4, 0.5) is 4.39 Å². The number of rotatable bonds is 3. The fraction of sp³-hybridized carbons (Fsp3) is 0.273. The fourth-order valence-electron chi connectivity index (χ4n) is 1.15. The summed E-state index contributed by atoms with van der Waals surface area (Å²) in [5.41, 5.74) is 0.551. The molecular formula is C11H12FNO2. The minimum Gasteiger partial charge on any atom is -0.345 e. The zero-order chi connectivity index (χ0) is 11.4. The molecule has 0 heterocycles. The monoisotopic (exact) mass is 209 g/mol. The zero-order valence-electron chi connectivity index (χ0n) is 8.63. The van der Waals surface area contributed by atoms with E-state index < -0.39 is 11.7 Å². The molecule has 1 aromatic rings. The maximum atomic E-state index is 13.1. The molecule has 15 heavy (non-hydrogen) atoms. The third-order valence-corrected chi connectivity index (χ3v) is 2.01. The molecule has 0 aliphatic rings. The lowest BCUT2D eigenvalue weighted by atomic mass is 10.1. The summed E-state index contributed by atoms with van der Waals surface area (Å²) in [5, 5.41) is 2.41. The molecule has 0 aliphatic carbocycles. The molecule has 1 N–H and O–H groups in total. The molecule has 1 aromatic carbocycles. The van der Waals surface area contributed by atoms with Crippen molar-refractivity contribution in [1.82, 2.24) is 5.32 Å². The summed E-state index contributed by atoms with van der Waals surface area (Å²) in [5.74, 6) is -0.995. The molecule has 0 bridgehead atoms. The number of hydrogen-bond acceptors (Lipinski definition) is 2. The highest BCUT2D eigenvalue weighted by Gasteiger charge is 2.11. The van der Waals surface area contributed by atoms with E-state index in [2.05, 4.69) is 5.32 Å².